The molecule has 0 rings (SSSR count). The van der Waals surface area contributed by atoms with E-state index in [1.54, 1.807) is 0 Å². The molecule has 0 aromatic heterocycles. The Bertz CT molecular complexity index is 300. The minimum absolute atomic E-state index is 0.0252. The number of carbonyl (C=O) groups is 1. The third-order valence-corrected chi connectivity index (χ3v) is 2.68. The van der Waals surface area contributed by atoms with Gasteiger partial charge in [0.05, 0.1) is 5.92 Å². The summed E-state index contributed by atoms with van der Waals surface area (Å²) in [5, 5.41) is 14.4. The van der Waals surface area contributed by atoms with Crippen molar-refractivity contribution in [1.82, 2.24) is 10.2 Å². The molecule has 0 saturated heterocycles. The molecule has 18 heavy (non-hydrogen) atoms. The lowest BCUT2D eigenvalue weighted by Crippen LogP contribution is -2.44. The number of oxime groups is 1. The lowest BCUT2D eigenvalue weighted by molar-refractivity contribution is -0.123. The zero-order valence-corrected chi connectivity index (χ0v) is 12.0. The minimum atomic E-state index is -0.565. The van der Waals surface area contributed by atoms with Crippen LogP contribution >= 0.6 is 0 Å². The number of hydrogen-bond donors (Lipinski definition) is 3. The average molecular weight is 258 g/mol. The Morgan fingerprint density at radius 2 is 2.06 bits per heavy atom. The van der Waals surface area contributed by atoms with Crippen LogP contribution in [0.5, 0.6) is 0 Å². The van der Waals surface area contributed by atoms with Crippen LogP contribution in [-0.2, 0) is 4.79 Å². The van der Waals surface area contributed by atoms with E-state index in [0.717, 1.165) is 6.54 Å². The van der Waals surface area contributed by atoms with Gasteiger partial charge in [-0.1, -0.05) is 25.9 Å². The molecular formula is C12H26N4O2. The molecule has 0 aromatic rings. The first kappa shape index (κ1) is 16.7. The Morgan fingerprint density at radius 3 is 2.44 bits per heavy atom. The predicted molar refractivity (Wildman–Crippen MR) is 72.5 cm³/mol. The van der Waals surface area contributed by atoms with Gasteiger partial charge >= 0.3 is 0 Å². The van der Waals surface area contributed by atoms with Crippen LogP contribution in [0.25, 0.3) is 0 Å². The summed E-state index contributed by atoms with van der Waals surface area (Å²) in [6.45, 7) is 7.41. The van der Waals surface area contributed by atoms with E-state index in [4.69, 9.17) is 10.9 Å². The topological polar surface area (TPSA) is 91.0 Å². The maximum atomic E-state index is 11.9. The summed E-state index contributed by atoms with van der Waals surface area (Å²) in [5.41, 5.74) is 5.45. The zero-order chi connectivity index (χ0) is 14.3. The van der Waals surface area contributed by atoms with Gasteiger partial charge in [-0.25, -0.2) is 0 Å². The number of carbonyl (C=O) groups excluding carboxylic acids is 1. The van der Waals surface area contributed by atoms with E-state index in [0.29, 0.717) is 13.0 Å². The highest BCUT2D eigenvalue weighted by molar-refractivity contribution is 6.01. The van der Waals surface area contributed by atoms with E-state index in [9.17, 15) is 4.79 Å². The molecule has 0 bridgehead atoms. The highest BCUT2D eigenvalue weighted by Gasteiger charge is 2.24. The molecule has 6 nitrogen and oxygen atoms in total. The largest absolute Gasteiger partial charge is 0.409 e. The summed E-state index contributed by atoms with van der Waals surface area (Å²) in [6, 6.07) is 0. The average Bonchev–Trinajstić information content (AvgIpc) is 2.25. The fourth-order valence-electron chi connectivity index (χ4n) is 1.96. The quantitative estimate of drug-likeness (QED) is 0.268. The van der Waals surface area contributed by atoms with Gasteiger partial charge in [-0.15, -0.1) is 0 Å². The number of nitrogens with two attached hydrogens (primary N) is 1. The Kier molecular flexibility index (Phi) is 6.68. The molecule has 0 aromatic carbocycles. The lowest BCUT2D eigenvalue weighted by Gasteiger charge is -2.29. The van der Waals surface area contributed by atoms with Crippen LogP contribution in [0.2, 0.25) is 0 Å². The van der Waals surface area contributed by atoms with Gasteiger partial charge in [0.25, 0.3) is 0 Å². The highest BCUT2D eigenvalue weighted by Crippen LogP contribution is 2.14. The molecule has 0 fully saturated rings. The van der Waals surface area contributed by atoms with Crippen LogP contribution in [0.1, 0.15) is 27.2 Å². The molecule has 106 valence electrons. The maximum absolute atomic E-state index is 11.9. The Labute approximate surface area is 109 Å². The van der Waals surface area contributed by atoms with Crippen LogP contribution in [0.4, 0.5) is 0 Å². The lowest BCUT2D eigenvalue weighted by atomic mass is 9.92. The van der Waals surface area contributed by atoms with E-state index in [1.807, 2.05) is 21.0 Å². The van der Waals surface area contributed by atoms with Gasteiger partial charge < -0.3 is 21.2 Å². The van der Waals surface area contributed by atoms with Crippen LogP contribution < -0.4 is 11.1 Å². The van der Waals surface area contributed by atoms with Crippen molar-refractivity contribution in [1.29, 1.82) is 0 Å². The fourth-order valence-corrected chi connectivity index (χ4v) is 1.96. The van der Waals surface area contributed by atoms with E-state index in [1.165, 1.54) is 0 Å². The molecule has 0 heterocycles. The molecule has 0 aliphatic rings. The third kappa shape index (κ3) is 5.86. The summed E-state index contributed by atoms with van der Waals surface area (Å²) in [4.78, 5) is 14.0. The number of amidine groups is 1. The van der Waals surface area contributed by atoms with Gasteiger partial charge in [0.15, 0.2) is 5.84 Å². The molecule has 1 unspecified atom stereocenters. The zero-order valence-electron chi connectivity index (χ0n) is 12.0. The first-order valence-electron chi connectivity index (χ1n) is 6.13. The van der Waals surface area contributed by atoms with Crippen molar-refractivity contribution in [2.24, 2.45) is 22.2 Å². The number of hydrogen-bond acceptors (Lipinski definition) is 4. The van der Waals surface area contributed by atoms with Crippen molar-refractivity contribution in [3.8, 4) is 0 Å². The molecule has 0 aliphatic carbocycles. The van der Waals surface area contributed by atoms with E-state index < -0.39 is 5.92 Å². The summed E-state index contributed by atoms with van der Waals surface area (Å²) in [6.07, 6.45) is 0.510. The molecule has 6 heteroatoms. The van der Waals surface area contributed by atoms with E-state index in [-0.39, 0.29) is 17.2 Å². The second-order valence-corrected chi connectivity index (χ2v) is 5.61. The number of nitrogens with one attached hydrogen (secondary N) is 1. The van der Waals surface area contributed by atoms with Crippen molar-refractivity contribution in [2.75, 3.05) is 27.2 Å². The van der Waals surface area contributed by atoms with Gasteiger partial charge in [-0.05, 0) is 25.9 Å². The summed E-state index contributed by atoms with van der Waals surface area (Å²) >= 11 is 0. The molecule has 1 atom stereocenters. The molecule has 1 amide bonds. The van der Waals surface area contributed by atoms with Crippen molar-refractivity contribution in [3.05, 3.63) is 0 Å². The summed E-state index contributed by atoms with van der Waals surface area (Å²) in [5.74, 6) is -0.801. The van der Waals surface area contributed by atoms with E-state index in [2.05, 4.69) is 29.2 Å². The second-order valence-electron chi connectivity index (χ2n) is 5.61. The van der Waals surface area contributed by atoms with Gasteiger partial charge in [0.1, 0.15) is 0 Å². The van der Waals surface area contributed by atoms with Gasteiger partial charge in [-0.2, -0.15) is 0 Å². The van der Waals surface area contributed by atoms with Crippen molar-refractivity contribution in [3.63, 3.8) is 0 Å². The van der Waals surface area contributed by atoms with Crippen LogP contribution in [0.3, 0.4) is 0 Å². The SMILES string of the molecule is CCC(C(=O)NCC(C)(C)CN(C)C)C(N)=NO. The monoisotopic (exact) mass is 258 g/mol. The first-order chi connectivity index (χ1) is 8.23. The van der Waals surface area contributed by atoms with Crippen LogP contribution in [-0.4, -0.2) is 49.0 Å². The van der Waals surface area contributed by atoms with Gasteiger partial charge in [0.2, 0.25) is 5.91 Å². The fraction of sp³-hybridized carbons (Fsp3) is 0.833. The third-order valence-electron chi connectivity index (χ3n) is 2.68. The normalized spacial score (nSPS) is 14.7. The van der Waals surface area contributed by atoms with Crippen LogP contribution in [0.15, 0.2) is 5.16 Å². The Morgan fingerprint density at radius 1 is 1.50 bits per heavy atom. The Hall–Kier alpha value is -1.30. The summed E-state index contributed by atoms with van der Waals surface area (Å²) < 4.78 is 0. The second kappa shape index (κ2) is 7.20. The molecule has 0 aliphatic heterocycles. The molecule has 0 saturated carbocycles. The summed E-state index contributed by atoms with van der Waals surface area (Å²) in [7, 11) is 3.99. The Balaban J connectivity index is 4.40. The molecular weight excluding hydrogens is 232 g/mol. The van der Waals surface area contributed by atoms with Crippen molar-refractivity contribution in [2.45, 2.75) is 27.2 Å². The van der Waals surface area contributed by atoms with Gasteiger partial charge in [0, 0.05) is 13.1 Å². The molecule has 0 spiro atoms. The predicted octanol–water partition coefficient (Wildman–Crippen LogP) is 0.463. The van der Waals surface area contributed by atoms with Gasteiger partial charge in [-0.3, -0.25) is 4.79 Å². The highest BCUT2D eigenvalue weighted by atomic mass is 16.4. The maximum Gasteiger partial charge on any atom is 0.230 e. The molecule has 0 radical (unpaired) electrons. The smallest absolute Gasteiger partial charge is 0.230 e. The molecule has 4 N–H and O–H groups in total. The number of rotatable bonds is 7. The van der Waals surface area contributed by atoms with Crippen LogP contribution in [0, 0.1) is 11.3 Å². The van der Waals surface area contributed by atoms with Crippen molar-refractivity contribution >= 4 is 11.7 Å². The number of nitrogens with zero attached hydrogens (tertiary/aromatic N) is 2. The van der Waals surface area contributed by atoms with E-state index >= 15 is 0 Å². The van der Waals surface area contributed by atoms with Crippen molar-refractivity contribution < 1.29 is 10.0 Å². The number of amides is 1. The standard InChI is InChI=1S/C12H26N4O2/c1-6-9(10(13)15-18)11(17)14-7-12(2,3)8-16(4)5/h9,18H,6-8H2,1-5H3,(H2,13,15)(H,14,17). The first-order valence-corrected chi connectivity index (χ1v) is 6.13. The minimum Gasteiger partial charge on any atom is -0.409 e.